The molecule has 0 bridgehead atoms. The van der Waals surface area contributed by atoms with E-state index in [-0.39, 0.29) is 18.4 Å². The van der Waals surface area contributed by atoms with Gasteiger partial charge < -0.3 is 15.2 Å². The van der Waals surface area contributed by atoms with Gasteiger partial charge >= 0.3 is 6.36 Å². The summed E-state index contributed by atoms with van der Waals surface area (Å²) in [5, 5.41) is 11.8. The first kappa shape index (κ1) is 12.8. The van der Waals surface area contributed by atoms with Crippen molar-refractivity contribution in [2.75, 3.05) is 13.7 Å². The van der Waals surface area contributed by atoms with E-state index in [0.717, 1.165) is 0 Å². The van der Waals surface area contributed by atoms with Crippen LogP contribution in [0.25, 0.3) is 0 Å². The molecule has 0 heterocycles. The Morgan fingerprint density at radius 3 is 2.25 bits per heavy atom. The van der Waals surface area contributed by atoms with Crippen LogP contribution < -0.4 is 10.1 Å². The molecule has 6 heteroatoms. The molecule has 0 aliphatic rings. The molecule has 0 aliphatic carbocycles. The van der Waals surface area contributed by atoms with Crippen molar-refractivity contribution in [1.29, 1.82) is 0 Å². The summed E-state index contributed by atoms with van der Waals surface area (Å²) in [7, 11) is 1.65. The van der Waals surface area contributed by atoms with E-state index in [1.54, 1.807) is 7.05 Å². The van der Waals surface area contributed by atoms with Gasteiger partial charge in [-0.25, -0.2) is 0 Å². The van der Waals surface area contributed by atoms with Crippen molar-refractivity contribution in [3.05, 3.63) is 29.8 Å². The molecule has 2 N–H and O–H groups in total. The van der Waals surface area contributed by atoms with Crippen LogP contribution in [-0.4, -0.2) is 25.1 Å². The summed E-state index contributed by atoms with van der Waals surface area (Å²) in [6.45, 7) is -0.129. The second-order valence-electron chi connectivity index (χ2n) is 3.14. The van der Waals surface area contributed by atoms with Gasteiger partial charge in [0.05, 0.1) is 12.6 Å². The highest BCUT2D eigenvalue weighted by Gasteiger charge is 2.31. The van der Waals surface area contributed by atoms with Crippen molar-refractivity contribution in [2.24, 2.45) is 0 Å². The first-order valence-corrected chi connectivity index (χ1v) is 4.60. The van der Waals surface area contributed by atoms with E-state index in [0.29, 0.717) is 5.56 Å². The molecule has 0 spiro atoms. The summed E-state index contributed by atoms with van der Waals surface area (Å²) in [6.07, 6.45) is -4.68. The lowest BCUT2D eigenvalue weighted by atomic mass is 10.1. The predicted octanol–water partition coefficient (Wildman–Crippen LogP) is 1.84. The quantitative estimate of drug-likeness (QED) is 0.836. The van der Waals surface area contributed by atoms with Crippen LogP contribution >= 0.6 is 0 Å². The maximum atomic E-state index is 11.9. The summed E-state index contributed by atoms with van der Waals surface area (Å²) < 4.78 is 39.3. The molecule has 1 atom stereocenters. The van der Waals surface area contributed by atoms with Crippen LogP contribution in [0.2, 0.25) is 0 Å². The topological polar surface area (TPSA) is 41.5 Å². The number of rotatable bonds is 4. The third kappa shape index (κ3) is 3.71. The minimum absolute atomic E-state index is 0.129. The van der Waals surface area contributed by atoms with Crippen molar-refractivity contribution in [1.82, 2.24) is 5.32 Å². The minimum atomic E-state index is -4.68. The largest absolute Gasteiger partial charge is 0.573 e. The third-order valence-corrected chi connectivity index (χ3v) is 2.05. The van der Waals surface area contributed by atoms with Gasteiger partial charge in [0.1, 0.15) is 5.75 Å². The molecule has 1 rings (SSSR count). The Bertz CT molecular complexity index is 320. The summed E-state index contributed by atoms with van der Waals surface area (Å²) in [5.74, 6) is -0.274. The Hall–Kier alpha value is -1.27. The number of aliphatic hydroxyl groups excluding tert-OH is 1. The van der Waals surface area contributed by atoms with Crippen LogP contribution in [0.5, 0.6) is 5.75 Å². The normalized spacial score (nSPS) is 13.6. The van der Waals surface area contributed by atoms with Crippen LogP contribution in [0.15, 0.2) is 24.3 Å². The van der Waals surface area contributed by atoms with Gasteiger partial charge in [0.2, 0.25) is 0 Å². The SMILES string of the molecule is CNC(CO)c1ccc(OC(F)(F)F)cc1. The molecular formula is C10H12F3NO2. The molecule has 0 saturated heterocycles. The molecule has 1 aromatic rings. The van der Waals surface area contributed by atoms with E-state index in [4.69, 9.17) is 5.11 Å². The van der Waals surface area contributed by atoms with Gasteiger partial charge in [-0.3, -0.25) is 0 Å². The molecule has 0 fully saturated rings. The number of hydrogen-bond acceptors (Lipinski definition) is 3. The van der Waals surface area contributed by atoms with Gasteiger partial charge in [0, 0.05) is 0 Å². The fraction of sp³-hybridized carbons (Fsp3) is 0.400. The number of nitrogens with one attached hydrogen (secondary N) is 1. The monoisotopic (exact) mass is 235 g/mol. The Morgan fingerprint density at radius 2 is 1.88 bits per heavy atom. The molecule has 0 amide bonds. The summed E-state index contributed by atoms with van der Waals surface area (Å²) in [5.41, 5.74) is 0.694. The molecule has 0 aliphatic heterocycles. The van der Waals surface area contributed by atoms with Gasteiger partial charge in [-0.1, -0.05) is 12.1 Å². The van der Waals surface area contributed by atoms with Crippen LogP contribution in [0.4, 0.5) is 13.2 Å². The Balaban J connectivity index is 2.75. The maximum absolute atomic E-state index is 11.9. The van der Waals surface area contributed by atoms with E-state index >= 15 is 0 Å². The second-order valence-corrected chi connectivity index (χ2v) is 3.14. The molecule has 90 valence electrons. The van der Waals surface area contributed by atoms with Gasteiger partial charge in [0.25, 0.3) is 0 Å². The van der Waals surface area contributed by atoms with E-state index in [2.05, 4.69) is 10.1 Å². The number of benzene rings is 1. The second kappa shape index (κ2) is 5.18. The lowest BCUT2D eigenvalue weighted by molar-refractivity contribution is -0.274. The van der Waals surface area contributed by atoms with E-state index < -0.39 is 6.36 Å². The molecule has 3 nitrogen and oxygen atoms in total. The van der Waals surface area contributed by atoms with E-state index in [1.165, 1.54) is 24.3 Å². The van der Waals surface area contributed by atoms with Gasteiger partial charge in [0.15, 0.2) is 0 Å². The lowest BCUT2D eigenvalue weighted by Gasteiger charge is -2.14. The van der Waals surface area contributed by atoms with Gasteiger partial charge in [-0.2, -0.15) is 0 Å². The van der Waals surface area contributed by atoms with Gasteiger partial charge in [-0.05, 0) is 24.7 Å². The molecule has 16 heavy (non-hydrogen) atoms. The highest BCUT2D eigenvalue weighted by Crippen LogP contribution is 2.24. The predicted molar refractivity (Wildman–Crippen MR) is 52.0 cm³/mol. The number of ether oxygens (including phenoxy) is 1. The first-order chi connectivity index (χ1) is 7.46. The molecule has 0 aromatic heterocycles. The van der Waals surface area contributed by atoms with E-state index in [9.17, 15) is 13.2 Å². The molecule has 0 saturated carbocycles. The Labute approximate surface area is 90.8 Å². The molecule has 1 aromatic carbocycles. The van der Waals surface area contributed by atoms with Crippen LogP contribution in [0.3, 0.4) is 0 Å². The summed E-state index contributed by atoms with van der Waals surface area (Å²) in [4.78, 5) is 0. The van der Waals surface area contributed by atoms with E-state index in [1.807, 2.05) is 0 Å². The average Bonchev–Trinajstić information content (AvgIpc) is 2.20. The lowest BCUT2D eigenvalue weighted by Crippen LogP contribution is -2.20. The number of likely N-dealkylation sites (N-methyl/N-ethyl adjacent to an activating group) is 1. The highest BCUT2D eigenvalue weighted by atomic mass is 19.4. The van der Waals surface area contributed by atoms with Gasteiger partial charge in [-0.15, -0.1) is 13.2 Å². The fourth-order valence-corrected chi connectivity index (χ4v) is 1.27. The number of halogens is 3. The van der Waals surface area contributed by atoms with Crippen molar-refractivity contribution in [3.8, 4) is 5.75 Å². The Morgan fingerprint density at radius 1 is 1.31 bits per heavy atom. The molecular weight excluding hydrogens is 223 g/mol. The maximum Gasteiger partial charge on any atom is 0.573 e. The fourth-order valence-electron chi connectivity index (χ4n) is 1.27. The summed E-state index contributed by atoms with van der Waals surface area (Å²) in [6, 6.07) is 5.07. The zero-order chi connectivity index (χ0) is 12.2. The van der Waals surface area contributed by atoms with Crippen molar-refractivity contribution < 1.29 is 23.0 Å². The summed E-state index contributed by atoms with van der Waals surface area (Å²) >= 11 is 0. The minimum Gasteiger partial charge on any atom is -0.406 e. The van der Waals surface area contributed by atoms with Crippen LogP contribution in [0.1, 0.15) is 11.6 Å². The zero-order valence-electron chi connectivity index (χ0n) is 8.58. The van der Waals surface area contributed by atoms with Crippen LogP contribution in [-0.2, 0) is 0 Å². The highest BCUT2D eigenvalue weighted by molar-refractivity contribution is 5.29. The van der Waals surface area contributed by atoms with Crippen molar-refractivity contribution >= 4 is 0 Å². The standard InChI is InChI=1S/C10H12F3NO2/c1-14-9(6-15)7-2-4-8(5-3-7)16-10(11,12)13/h2-5,9,14-15H,6H2,1H3. The van der Waals surface area contributed by atoms with Crippen molar-refractivity contribution in [2.45, 2.75) is 12.4 Å². The first-order valence-electron chi connectivity index (χ1n) is 4.60. The number of hydrogen-bond donors (Lipinski definition) is 2. The third-order valence-electron chi connectivity index (χ3n) is 2.05. The zero-order valence-corrected chi connectivity index (χ0v) is 8.58. The number of alkyl halides is 3. The van der Waals surface area contributed by atoms with Crippen LogP contribution in [0, 0.1) is 0 Å². The number of aliphatic hydroxyl groups is 1. The smallest absolute Gasteiger partial charge is 0.406 e. The Kier molecular flexibility index (Phi) is 4.14. The average molecular weight is 235 g/mol. The molecule has 1 unspecified atom stereocenters. The molecule has 0 radical (unpaired) electrons. The van der Waals surface area contributed by atoms with Crippen molar-refractivity contribution in [3.63, 3.8) is 0 Å².